The molecule has 0 fully saturated rings. The standard InChI is InChI=1S/C22H37NO3/c1-2-3-4-5-10-13-16-21(25)17-14-11-8-6-7-9-12-15-18-22(26)23-19-20-24/h7-11,13-14,17,21,24-25H,2-6,12,15-16,18-20H2,1H3,(H,23,26)/t21-/m0/s1. The molecule has 0 saturated heterocycles. The van der Waals surface area contributed by atoms with Crippen LogP contribution in [-0.2, 0) is 4.79 Å². The maximum Gasteiger partial charge on any atom is 0.220 e. The predicted octanol–water partition coefficient (Wildman–Crippen LogP) is 4.21. The lowest BCUT2D eigenvalue weighted by Gasteiger charge is -2.00. The Labute approximate surface area is 159 Å². The summed E-state index contributed by atoms with van der Waals surface area (Å²) >= 11 is 0. The number of aliphatic hydroxyl groups is 2. The first-order valence-corrected chi connectivity index (χ1v) is 9.89. The second-order valence-corrected chi connectivity index (χ2v) is 6.26. The largest absolute Gasteiger partial charge is 0.395 e. The van der Waals surface area contributed by atoms with E-state index in [-0.39, 0.29) is 12.5 Å². The van der Waals surface area contributed by atoms with E-state index in [4.69, 9.17) is 5.11 Å². The van der Waals surface area contributed by atoms with E-state index in [0.29, 0.717) is 19.4 Å². The van der Waals surface area contributed by atoms with Gasteiger partial charge >= 0.3 is 0 Å². The van der Waals surface area contributed by atoms with Crippen LogP contribution in [0.5, 0.6) is 0 Å². The minimum absolute atomic E-state index is 0.00755. The molecule has 148 valence electrons. The zero-order chi connectivity index (χ0) is 19.3. The highest BCUT2D eigenvalue weighted by atomic mass is 16.3. The van der Waals surface area contributed by atoms with Crippen LogP contribution in [0.2, 0.25) is 0 Å². The van der Waals surface area contributed by atoms with Crippen molar-refractivity contribution in [2.45, 2.75) is 70.8 Å². The topological polar surface area (TPSA) is 69.6 Å². The summed E-state index contributed by atoms with van der Waals surface area (Å²) in [5, 5.41) is 21.0. The molecular weight excluding hydrogens is 326 g/mol. The average Bonchev–Trinajstić information content (AvgIpc) is 2.64. The number of amides is 1. The molecule has 0 aliphatic heterocycles. The van der Waals surface area contributed by atoms with Crippen LogP contribution in [0, 0.1) is 0 Å². The van der Waals surface area contributed by atoms with E-state index in [1.165, 1.54) is 19.3 Å². The SMILES string of the molecule is CCCCCC=CC[C@H](O)C=CC=CCC=CCCCC(=O)NCCO. The fraction of sp³-hybridized carbons (Fsp3) is 0.591. The molecule has 4 heteroatoms. The third-order valence-electron chi connectivity index (χ3n) is 3.75. The minimum atomic E-state index is -0.422. The third-order valence-corrected chi connectivity index (χ3v) is 3.75. The lowest BCUT2D eigenvalue weighted by Crippen LogP contribution is -2.25. The molecule has 0 saturated carbocycles. The number of hydrogen-bond donors (Lipinski definition) is 3. The van der Waals surface area contributed by atoms with Crippen LogP contribution in [0.3, 0.4) is 0 Å². The second-order valence-electron chi connectivity index (χ2n) is 6.26. The Bertz CT molecular complexity index is 439. The summed E-state index contributed by atoms with van der Waals surface area (Å²) in [6, 6.07) is 0. The van der Waals surface area contributed by atoms with Gasteiger partial charge in [-0.3, -0.25) is 4.79 Å². The molecular formula is C22H37NO3. The van der Waals surface area contributed by atoms with Crippen LogP contribution in [0.15, 0.2) is 48.6 Å². The number of unbranched alkanes of at least 4 members (excludes halogenated alkanes) is 4. The van der Waals surface area contributed by atoms with Crippen molar-refractivity contribution < 1.29 is 15.0 Å². The average molecular weight is 364 g/mol. The number of hydrogen-bond acceptors (Lipinski definition) is 3. The normalized spacial score (nSPS) is 13.5. The van der Waals surface area contributed by atoms with Gasteiger partial charge in [-0.15, -0.1) is 0 Å². The molecule has 0 rings (SSSR count). The highest BCUT2D eigenvalue weighted by Crippen LogP contribution is 2.02. The number of carbonyl (C=O) groups is 1. The molecule has 0 aliphatic rings. The zero-order valence-electron chi connectivity index (χ0n) is 16.3. The van der Waals surface area contributed by atoms with Gasteiger partial charge in [0.05, 0.1) is 12.7 Å². The van der Waals surface area contributed by atoms with Gasteiger partial charge in [0.1, 0.15) is 0 Å². The molecule has 3 N–H and O–H groups in total. The van der Waals surface area contributed by atoms with Crippen molar-refractivity contribution in [2.75, 3.05) is 13.2 Å². The molecule has 0 aromatic carbocycles. The van der Waals surface area contributed by atoms with Crippen LogP contribution in [0.1, 0.15) is 64.7 Å². The number of rotatable bonds is 16. The Hall–Kier alpha value is -1.65. The van der Waals surface area contributed by atoms with Gasteiger partial charge in [-0.05, 0) is 38.5 Å². The molecule has 1 amide bonds. The maximum absolute atomic E-state index is 11.3. The summed E-state index contributed by atoms with van der Waals surface area (Å²) in [6.45, 7) is 2.51. The van der Waals surface area contributed by atoms with E-state index in [0.717, 1.165) is 25.7 Å². The summed E-state index contributed by atoms with van der Waals surface area (Å²) in [7, 11) is 0. The molecule has 0 bridgehead atoms. The van der Waals surface area contributed by atoms with Gasteiger partial charge in [0.15, 0.2) is 0 Å². The van der Waals surface area contributed by atoms with E-state index in [9.17, 15) is 9.90 Å². The minimum Gasteiger partial charge on any atom is -0.395 e. The van der Waals surface area contributed by atoms with Crippen LogP contribution >= 0.6 is 0 Å². The Balaban J connectivity index is 3.63. The van der Waals surface area contributed by atoms with Gasteiger partial charge in [0.2, 0.25) is 5.91 Å². The number of aliphatic hydroxyl groups excluding tert-OH is 2. The molecule has 0 unspecified atom stereocenters. The second kappa shape index (κ2) is 19.7. The van der Waals surface area contributed by atoms with Crippen molar-refractivity contribution >= 4 is 5.91 Å². The lowest BCUT2D eigenvalue weighted by atomic mass is 10.1. The summed E-state index contributed by atoms with van der Waals surface area (Å²) in [6.07, 6.45) is 24.1. The third kappa shape index (κ3) is 18.7. The smallest absolute Gasteiger partial charge is 0.220 e. The Kier molecular flexibility index (Phi) is 18.4. The van der Waals surface area contributed by atoms with Gasteiger partial charge in [-0.1, -0.05) is 68.4 Å². The van der Waals surface area contributed by atoms with E-state index in [1.807, 2.05) is 24.3 Å². The van der Waals surface area contributed by atoms with Gasteiger partial charge in [0, 0.05) is 13.0 Å². The molecule has 1 atom stereocenters. The molecule has 0 radical (unpaired) electrons. The van der Waals surface area contributed by atoms with Crippen LogP contribution < -0.4 is 5.32 Å². The van der Waals surface area contributed by atoms with Crippen molar-refractivity contribution in [1.82, 2.24) is 5.32 Å². The van der Waals surface area contributed by atoms with E-state index in [1.54, 1.807) is 0 Å². The highest BCUT2D eigenvalue weighted by molar-refractivity contribution is 5.75. The van der Waals surface area contributed by atoms with Crippen molar-refractivity contribution in [3.63, 3.8) is 0 Å². The summed E-state index contributed by atoms with van der Waals surface area (Å²) < 4.78 is 0. The molecule has 4 nitrogen and oxygen atoms in total. The fourth-order valence-corrected chi connectivity index (χ4v) is 2.25. The number of allylic oxidation sites excluding steroid dienone is 6. The van der Waals surface area contributed by atoms with Gasteiger partial charge in [-0.2, -0.15) is 0 Å². The summed E-state index contributed by atoms with van der Waals surface area (Å²) in [4.78, 5) is 11.3. The van der Waals surface area contributed by atoms with Gasteiger partial charge in [0.25, 0.3) is 0 Å². The molecule has 0 aliphatic carbocycles. The van der Waals surface area contributed by atoms with Crippen LogP contribution in [-0.4, -0.2) is 35.4 Å². The van der Waals surface area contributed by atoms with Crippen molar-refractivity contribution in [2.24, 2.45) is 0 Å². The van der Waals surface area contributed by atoms with Gasteiger partial charge in [-0.25, -0.2) is 0 Å². The zero-order valence-corrected chi connectivity index (χ0v) is 16.3. The fourth-order valence-electron chi connectivity index (χ4n) is 2.25. The van der Waals surface area contributed by atoms with Crippen LogP contribution in [0.25, 0.3) is 0 Å². The first-order valence-electron chi connectivity index (χ1n) is 9.89. The molecule has 0 aromatic rings. The number of nitrogens with one attached hydrogen (secondary N) is 1. The predicted molar refractivity (Wildman–Crippen MR) is 110 cm³/mol. The van der Waals surface area contributed by atoms with Crippen molar-refractivity contribution in [3.05, 3.63) is 48.6 Å². The lowest BCUT2D eigenvalue weighted by molar-refractivity contribution is -0.121. The van der Waals surface area contributed by atoms with E-state index >= 15 is 0 Å². The molecule has 26 heavy (non-hydrogen) atoms. The molecule has 0 spiro atoms. The highest BCUT2D eigenvalue weighted by Gasteiger charge is 1.97. The number of carbonyl (C=O) groups excluding carboxylic acids is 1. The molecule has 0 heterocycles. The Morgan fingerprint density at radius 3 is 2.54 bits per heavy atom. The molecule has 0 aromatic heterocycles. The van der Waals surface area contributed by atoms with Gasteiger partial charge < -0.3 is 15.5 Å². The van der Waals surface area contributed by atoms with E-state index < -0.39 is 6.10 Å². The summed E-state index contributed by atoms with van der Waals surface area (Å²) in [5.74, 6) is -0.00755. The van der Waals surface area contributed by atoms with E-state index in [2.05, 4.69) is 36.5 Å². The van der Waals surface area contributed by atoms with Crippen molar-refractivity contribution in [3.8, 4) is 0 Å². The summed E-state index contributed by atoms with van der Waals surface area (Å²) in [5.41, 5.74) is 0. The van der Waals surface area contributed by atoms with Crippen molar-refractivity contribution in [1.29, 1.82) is 0 Å². The quantitative estimate of drug-likeness (QED) is 0.218. The maximum atomic E-state index is 11.3. The Morgan fingerprint density at radius 1 is 1.00 bits per heavy atom. The first-order chi connectivity index (χ1) is 12.7. The monoisotopic (exact) mass is 363 g/mol. The Morgan fingerprint density at radius 2 is 1.77 bits per heavy atom. The van der Waals surface area contributed by atoms with Crippen LogP contribution in [0.4, 0.5) is 0 Å². The first kappa shape index (κ1) is 24.4.